The number of nitrogens with two attached hydrogens (primary N) is 1. The van der Waals surface area contributed by atoms with Gasteiger partial charge >= 0.3 is 0 Å². The van der Waals surface area contributed by atoms with Gasteiger partial charge in [-0.15, -0.1) is 0 Å². The molecule has 0 radical (unpaired) electrons. The number of nitrogens with zero attached hydrogens (tertiary/aromatic N) is 3. The van der Waals surface area contributed by atoms with Gasteiger partial charge in [0.1, 0.15) is 17.7 Å². The van der Waals surface area contributed by atoms with Crippen LogP contribution in [0, 0.1) is 17.1 Å². The number of hydrogen-bond acceptors (Lipinski definition) is 4. The summed E-state index contributed by atoms with van der Waals surface area (Å²) >= 11 is 0. The number of imidazole rings is 1. The highest BCUT2D eigenvalue weighted by Crippen LogP contribution is 2.36. The van der Waals surface area contributed by atoms with E-state index in [9.17, 15) is 9.65 Å². The monoisotopic (exact) mass is 305 g/mol. The predicted octanol–water partition coefficient (Wildman–Crippen LogP) is 2.99. The molecule has 112 valence electrons. The molecular formula is C17H12FN5. The van der Waals surface area contributed by atoms with Crippen LogP contribution in [0.25, 0.3) is 16.9 Å². The smallest absolute Gasteiger partial charge is 0.210 e. The van der Waals surface area contributed by atoms with E-state index in [0.717, 1.165) is 16.6 Å². The number of fused-ring (bicyclic) bond motifs is 3. The molecule has 3 N–H and O–H groups in total. The summed E-state index contributed by atoms with van der Waals surface area (Å²) in [6, 6.07) is 15.3. The first kappa shape index (κ1) is 13.3. The molecule has 2 heterocycles. The Labute approximate surface area is 131 Å². The molecule has 0 aliphatic carbocycles. The second kappa shape index (κ2) is 4.85. The van der Waals surface area contributed by atoms with E-state index in [1.54, 1.807) is 16.7 Å². The minimum Gasteiger partial charge on any atom is -0.384 e. The first-order valence-electron chi connectivity index (χ1n) is 7.08. The minimum absolute atomic E-state index is 0.327. The highest BCUT2D eigenvalue weighted by atomic mass is 19.1. The zero-order valence-corrected chi connectivity index (χ0v) is 12.0. The quantitative estimate of drug-likeness (QED) is 0.724. The standard InChI is InChI=1S/C17H12FN5/c18-11-7-5-10(6-8-11)15-12(9-19)16(20)23-14-4-2-1-3-13(14)21-17(23)22-15/h1-8,15H,20H2,(H,21,22)/t15-/m0/s1. The van der Waals surface area contributed by atoms with E-state index in [4.69, 9.17) is 5.73 Å². The molecule has 0 amide bonds. The van der Waals surface area contributed by atoms with Crippen LogP contribution in [-0.4, -0.2) is 9.55 Å². The van der Waals surface area contributed by atoms with E-state index in [1.807, 2.05) is 24.3 Å². The molecule has 1 atom stereocenters. The highest BCUT2D eigenvalue weighted by molar-refractivity contribution is 5.85. The second-order valence-corrected chi connectivity index (χ2v) is 5.30. The zero-order valence-electron chi connectivity index (χ0n) is 12.0. The van der Waals surface area contributed by atoms with E-state index in [0.29, 0.717) is 17.3 Å². The number of para-hydroxylation sites is 2. The maximum Gasteiger partial charge on any atom is 0.210 e. The van der Waals surface area contributed by atoms with E-state index in [1.165, 1.54) is 12.1 Å². The van der Waals surface area contributed by atoms with Crippen LogP contribution in [0.3, 0.4) is 0 Å². The number of benzene rings is 2. The lowest BCUT2D eigenvalue weighted by Crippen LogP contribution is -2.26. The number of anilines is 1. The van der Waals surface area contributed by atoms with Crippen molar-refractivity contribution in [3.63, 3.8) is 0 Å². The number of aromatic nitrogens is 2. The summed E-state index contributed by atoms with van der Waals surface area (Å²) in [4.78, 5) is 4.52. The summed E-state index contributed by atoms with van der Waals surface area (Å²) in [6.07, 6.45) is 0. The number of rotatable bonds is 1. The van der Waals surface area contributed by atoms with Crippen LogP contribution in [0.4, 0.5) is 10.3 Å². The third kappa shape index (κ3) is 1.94. The van der Waals surface area contributed by atoms with Gasteiger partial charge in [-0.25, -0.2) is 9.37 Å². The van der Waals surface area contributed by atoms with Crippen molar-refractivity contribution in [1.29, 1.82) is 5.26 Å². The van der Waals surface area contributed by atoms with Crippen LogP contribution < -0.4 is 11.1 Å². The molecule has 0 spiro atoms. The Morgan fingerprint density at radius 2 is 1.91 bits per heavy atom. The van der Waals surface area contributed by atoms with Gasteiger partial charge in [0.05, 0.1) is 22.6 Å². The van der Waals surface area contributed by atoms with E-state index in [2.05, 4.69) is 16.4 Å². The summed E-state index contributed by atoms with van der Waals surface area (Å²) in [5, 5.41) is 12.8. The number of hydrogen-bond donors (Lipinski definition) is 2. The van der Waals surface area contributed by atoms with Crippen molar-refractivity contribution >= 4 is 22.8 Å². The van der Waals surface area contributed by atoms with E-state index < -0.39 is 6.04 Å². The maximum atomic E-state index is 13.1. The van der Waals surface area contributed by atoms with Gasteiger partial charge in [0.2, 0.25) is 5.95 Å². The fraction of sp³-hybridized carbons (Fsp3) is 0.0588. The molecule has 0 saturated carbocycles. The van der Waals surface area contributed by atoms with Crippen molar-refractivity contribution in [2.24, 2.45) is 5.73 Å². The summed E-state index contributed by atoms with van der Waals surface area (Å²) in [7, 11) is 0. The Morgan fingerprint density at radius 1 is 1.17 bits per heavy atom. The molecular weight excluding hydrogens is 293 g/mol. The Kier molecular flexibility index (Phi) is 2.81. The van der Waals surface area contributed by atoms with Crippen molar-refractivity contribution in [2.45, 2.75) is 6.04 Å². The van der Waals surface area contributed by atoms with E-state index >= 15 is 0 Å². The molecule has 5 nitrogen and oxygen atoms in total. The molecule has 1 aliphatic heterocycles. The average Bonchev–Trinajstić information content (AvgIpc) is 2.94. The highest BCUT2D eigenvalue weighted by Gasteiger charge is 2.29. The summed E-state index contributed by atoms with van der Waals surface area (Å²) in [5.41, 5.74) is 8.99. The van der Waals surface area contributed by atoms with Crippen molar-refractivity contribution in [2.75, 3.05) is 5.32 Å². The molecule has 4 rings (SSSR count). The van der Waals surface area contributed by atoms with Gasteiger partial charge in [0.15, 0.2) is 0 Å². The number of nitrogens with one attached hydrogen (secondary N) is 1. The molecule has 0 fully saturated rings. The molecule has 0 saturated heterocycles. The van der Waals surface area contributed by atoms with Crippen LogP contribution in [0.1, 0.15) is 11.6 Å². The molecule has 6 heteroatoms. The summed E-state index contributed by atoms with van der Waals surface area (Å²) in [6.45, 7) is 0. The third-order valence-electron chi connectivity index (χ3n) is 3.96. The van der Waals surface area contributed by atoms with Crippen molar-refractivity contribution < 1.29 is 4.39 Å². The lowest BCUT2D eigenvalue weighted by molar-refractivity contribution is 0.626. The van der Waals surface area contributed by atoms with Crippen molar-refractivity contribution in [3.05, 3.63) is 65.5 Å². The van der Waals surface area contributed by atoms with Crippen LogP contribution in [0.15, 0.2) is 54.1 Å². The van der Waals surface area contributed by atoms with Gasteiger partial charge in [-0.2, -0.15) is 5.26 Å². The maximum absolute atomic E-state index is 13.1. The molecule has 1 aliphatic rings. The molecule has 0 bridgehead atoms. The Bertz CT molecular complexity index is 978. The Balaban J connectivity index is 1.92. The lowest BCUT2D eigenvalue weighted by Gasteiger charge is -2.26. The number of nitriles is 1. The van der Waals surface area contributed by atoms with Crippen LogP contribution in [0.5, 0.6) is 0 Å². The average molecular weight is 305 g/mol. The zero-order chi connectivity index (χ0) is 16.0. The Morgan fingerprint density at radius 3 is 2.65 bits per heavy atom. The van der Waals surface area contributed by atoms with Gasteiger partial charge in [0.25, 0.3) is 0 Å². The van der Waals surface area contributed by atoms with Crippen molar-refractivity contribution in [3.8, 4) is 6.07 Å². The molecule has 23 heavy (non-hydrogen) atoms. The first-order valence-corrected chi connectivity index (χ1v) is 7.08. The number of halogens is 1. The van der Waals surface area contributed by atoms with Gasteiger partial charge in [0, 0.05) is 0 Å². The van der Waals surface area contributed by atoms with Crippen LogP contribution in [0.2, 0.25) is 0 Å². The molecule has 1 aromatic heterocycles. The van der Waals surface area contributed by atoms with Gasteiger partial charge < -0.3 is 11.1 Å². The fourth-order valence-corrected chi connectivity index (χ4v) is 2.86. The van der Waals surface area contributed by atoms with E-state index in [-0.39, 0.29) is 5.82 Å². The van der Waals surface area contributed by atoms with Crippen LogP contribution >= 0.6 is 0 Å². The SMILES string of the molecule is N#CC1=C(N)n2c(nc3ccccc32)N[C@H]1c1ccc(F)cc1. The topological polar surface area (TPSA) is 79.7 Å². The summed E-state index contributed by atoms with van der Waals surface area (Å²) in [5.74, 6) is 0.577. The molecule has 3 aromatic rings. The third-order valence-corrected chi connectivity index (χ3v) is 3.96. The fourth-order valence-electron chi connectivity index (χ4n) is 2.86. The van der Waals surface area contributed by atoms with Gasteiger partial charge in [-0.05, 0) is 29.8 Å². The van der Waals surface area contributed by atoms with Gasteiger partial charge in [-0.1, -0.05) is 24.3 Å². The largest absolute Gasteiger partial charge is 0.384 e. The normalized spacial score (nSPS) is 16.8. The summed E-state index contributed by atoms with van der Waals surface area (Å²) < 4.78 is 14.9. The minimum atomic E-state index is -0.454. The van der Waals surface area contributed by atoms with Crippen LogP contribution in [-0.2, 0) is 0 Å². The second-order valence-electron chi connectivity index (χ2n) is 5.30. The Hall–Kier alpha value is -3.33. The first-order chi connectivity index (χ1) is 11.2. The molecule has 2 aromatic carbocycles. The predicted molar refractivity (Wildman–Crippen MR) is 85.5 cm³/mol. The molecule has 0 unspecified atom stereocenters. The van der Waals surface area contributed by atoms with Crippen molar-refractivity contribution in [1.82, 2.24) is 9.55 Å². The lowest BCUT2D eigenvalue weighted by atomic mass is 9.98. The van der Waals surface area contributed by atoms with Gasteiger partial charge in [-0.3, -0.25) is 4.57 Å².